The number of pyridine rings is 2. The molecule has 0 spiro atoms. The molecule has 0 aliphatic heterocycles. The van der Waals surface area contributed by atoms with Crippen LogP contribution in [0.2, 0.25) is 0 Å². The first kappa shape index (κ1) is 21.0. The maximum atomic E-state index is 13.0. The van der Waals surface area contributed by atoms with Crippen LogP contribution < -0.4 is 20.5 Å². The maximum absolute atomic E-state index is 13.0. The number of hydrogen-bond donors (Lipinski definition) is 1. The van der Waals surface area contributed by atoms with Crippen molar-refractivity contribution in [1.82, 2.24) is 9.55 Å². The highest BCUT2D eigenvalue weighted by Crippen LogP contribution is 2.28. The van der Waals surface area contributed by atoms with E-state index in [-0.39, 0.29) is 5.75 Å². The minimum absolute atomic E-state index is 0.0481. The molecule has 2 rings (SSSR count). The summed E-state index contributed by atoms with van der Waals surface area (Å²) in [6.07, 6.45) is 2.62. The number of nitrogens with one attached hydrogen (secondary N) is 1. The van der Waals surface area contributed by atoms with Crippen LogP contribution >= 0.6 is 15.9 Å². The molecule has 2 aromatic heterocycles. The molecule has 2 heterocycles. The van der Waals surface area contributed by atoms with E-state index in [4.69, 9.17) is 4.74 Å². The highest BCUT2D eigenvalue weighted by Gasteiger charge is 2.32. The molecule has 0 bridgehead atoms. The van der Waals surface area contributed by atoms with Gasteiger partial charge in [-0.15, -0.1) is 0 Å². The molecule has 146 valence electrons. The van der Waals surface area contributed by atoms with E-state index in [1.54, 1.807) is 19.4 Å². The van der Waals surface area contributed by atoms with Gasteiger partial charge in [-0.05, 0) is 62.2 Å². The number of carbonyl (C=O) groups excluding carboxylic acids is 1. The third kappa shape index (κ3) is 4.88. The fraction of sp³-hybridized carbons (Fsp3) is 0.421. The Morgan fingerprint density at radius 3 is 2.59 bits per heavy atom. The van der Waals surface area contributed by atoms with Gasteiger partial charge in [0.1, 0.15) is 5.82 Å². The summed E-state index contributed by atoms with van der Waals surface area (Å²) in [5.74, 6) is 0.439. The van der Waals surface area contributed by atoms with Crippen LogP contribution in [0, 0.1) is 6.92 Å². The molecule has 0 saturated heterocycles. The molecule has 0 aromatic carbocycles. The van der Waals surface area contributed by atoms with Crippen molar-refractivity contribution in [2.24, 2.45) is 7.05 Å². The van der Waals surface area contributed by atoms with Crippen molar-refractivity contribution >= 4 is 33.5 Å². The summed E-state index contributed by atoms with van der Waals surface area (Å²) in [6, 6.07) is 3.41. The maximum Gasteiger partial charge on any atom is 0.421 e. The van der Waals surface area contributed by atoms with Gasteiger partial charge in [0.2, 0.25) is 0 Å². The summed E-state index contributed by atoms with van der Waals surface area (Å²) in [4.78, 5) is 31.2. The van der Waals surface area contributed by atoms with E-state index < -0.39 is 17.2 Å². The SMILES string of the molecule is CCNc1cnc(N(C(=O)Oc2cc(Br)cn(C)c2=O)C(C)(C)C)c(C)c1. The normalized spacial score (nSPS) is 11.2. The number of rotatable bonds is 4. The van der Waals surface area contributed by atoms with Crippen molar-refractivity contribution in [3.05, 3.63) is 44.9 Å². The second-order valence-corrected chi connectivity index (χ2v) is 8.12. The van der Waals surface area contributed by atoms with Gasteiger partial charge in [-0.3, -0.25) is 9.69 Å². The Balaban J connectivity index is 2.43. The number of amides is 1. The van der Waals surface area contributed by atoms with Gasteiger partial charge in [-0.1, -0.05) is 0 Å². The zero-order valence-corrected chi connectivity index (χ0v) is 18.0. The minimum atomic E-state index is -0.662. The zero-order valence-electron chi connectivity index (χ0n) is 16.5. The third-order valence-corrected chi connectivity index (χ3v) is 4.24. The lowest BCUT2D eigenvalue weighted by Crippen LogP contribution is -2.48. The average Bonchev–Trinajstić information content (AvgIpc) is 2.53. The van der Waals surface area contributed by atoms with Crippen molar-refractivity contribution in [1.29, 1.82) is 0 Å². The number of aryl methyl sites for hydroxylation is 2. The molecule has 1 N–H and O–H groups in total. The van der Waals surface area contributed by atoms with Crippen molar-refractivity contribution in [2.45, 2.75) is 40.2 Å². The molecule has 0 unspecified atom stereocenters. The Morgan fingerprint density at radius 1 is 1.37 bits per heavy atom. The van der Waals surface area contributed by atoms with Crippen LogP contribution in [0.1, 0.15) is 33.3 Å². The molecule has 0 aliphatic rings. The predicted molar refractivity (Wildman–Crippen MR) is 111 cm³/mol. The lowest BCUT2D eigenvalue weighted by molar-refractivity contribution is 0.200. The van der Waals surface area contributed by atoms with Crippen molar-refractivity contribution in [2.75, 3.05) is 16.8 Å². The molecule has 1 amide bonds. The van der Waals surface area contributed by atoms with Crippen molar-refractivity contribution in [3.63, 3.8) is 0 Å². The van der Waals surface area contributed by atoms with Gasteiger partial charge in [0.25, 0.3) is 5.56 Å². The fourth-order valence-electron chi connectivity index (χ4n) is 2.63. The lowest BCUT2D eigenvalue weighted by Gasteiger charge is -2.34. The van der Waals surface area contributed by atoms with Gasteiger partial charge in [0, 0.05) is 35.9 Å². The molecular formula is C19H25BrN4O3. The number of nitrogens with zero attached hydrogens (tertiary/aromatic N) is 3. The van der Waals surface area contributed by atoms with Crippen LogP contribution in [0.5, 0.6) is 5.75 Å². The Labute approximate surface area is 167 Å². The van der Waals surface area contributed by atoms with Crippen LogP contribution in [0.15, 0.2) is 33.8 Å². The summed E-state index contributed by atoms with van der Waals surface area (Å²) in [5, 5.41) is 3.20. The highest BCUT2D eigenvalue weighted by molar-refractivity contribution is 9.10. The first-order chi connectivity index (χ1) is 12.5. The van der Waals surface area contributed by atoms with Gasteiger partial charge in [-0.2, -0.15) is 0 Å². The molecule has 8 heteroatoms. The second kappa shape index (κ2) is 8.12. The quantitative estimate of drug-likeness (QED) is 0.780. The predicted octanol–water partition coefficient (Wildman–Crippen LogP) is 4.09. The molecule has 0 aliphatic carbocycles. The van der Waals surface area contributed by atoms with Crippen LogP contribution in [-0.2, 0) is 7.05 Å². The van der Waals surface area contributed by atoms with E-state index in [0.717, 1.165) is 17.8 Å². The summed E-state index contributed by atoms with van der Waals surface area (Å²) >= 11 is 3.31. The van der Waals surface area contributed by atoms with E-state index in [0.29, 0.717) is 10.3 Å². The third-order valence-electron chi connectivity index (χ3n) is 3.81. The topological polar surface area (TPSA) is 76.5 Å². The molecule has 0 fully saturated rings. The van der Waals surface area contributed by atoms with E-state index in [2.05, 4.69) is 26.2 Å². The van der Waals surface area contributed by atoms with Crippen LogP contribution in [0.25, 0.3) is 0 Å². The standard InChI is InChI=1S/C19H25BrN4O3/c1-7-21-14-8-12(2)16(22-10-14)24(19(3,4)5)18(26)27-15-9-13(20)11-23(6)17(15)25/h8-11,21H,7H2,1-6H3. The molecule has 7 nitrogen and oxygen atoms in total. The van der Waals surface area contributed by atoms with Gasteiger partial charge in [0.05, 0.1) is 11.9 Å². The van der Waals surface area contributed by atoms with E-state index in [9.17, 15) is 9.59 Å². The Kier molecular flexibility index (Phi) is 6.30. The molecule has 0 atom stereocenters. The van der Waals surface area contributed by atoms with Crippen LogP contribution in [0.3, 0.4) is 0 Å². The van der Waals surface area contributed by atoms with Crippen molar-refractivity contribution in [3.8, 4) is 5.75 Å². The van der Waals surface area contributed by atoms with Crippen LogP contribution in [0.4, 0.5) is 16.3 Å². The summed E-state index contributed by atoms with van der Waals surface area (Å²) in [6.45, 7) is 10.3. The fourth-order valence-corrected chi connectivity index (χ4v) is 3.15. The molecule has 2 aromatic rings. The number of hydrogen-bond acceptors (Lipinski definition) is 5. The lowest BCUT2D eigenvalue weighted by atomic mass is 10.1. The molecule has 0 radical (unpaired) electrons. The van der Waals surface area contributed by atoms with E-state index in [1.807, 2.05) is 40.7 Å². The summed E-state index contributed by atoms with van der Waals surface area (Å²) in [7, 11) is 1.59. The molecule has 0 saturated carbocycles. The minimum Gasteiger partial charge on any atom is -0.404 e. The average molecular weight is 437 g/mol. The van der Waals surface area contributed by atoms with Gasteiger partial charge in [-0.25, -0.2) is 9.78 Å². The number of halogens is 1. The Bertz CT molecular complexity index is 903. The number of ether oxygens (including phenoxy) is 1. The first-order valence-electron chi connectivity index (χ1n) is 8.63. The summed E-state index contributed by atoms with van der Waals surface area (Å²) < 4.78 is 7.44. The van der Waals surface area contributed by atoms with Gasteiger partial charge >= 0.3 is 6.09 Å². The molecule has 27 heavy (non-hydrogen) atoms. The number of anilines is 2. The smallest absolute Gasteiger partial charge is 0.404 e. The summed E-state index contributed by atoms with van der Waals surface area (Å²) in [5.41, 5.74) is 0.697. The monoisotopic (exact) mass is 436 g/mol. The van der Waals surface area contributed by atoms with Gasteiger partial charge < -0.3 is 14.6 Å². The van der Waals surface area contributed by atoms with Gasteiger partial charge in [0.15, 0.2) is 5.75 Å². The van der Waals surface area contributed by atoms with Crippen LogP contribution in [-0.4, -0.2) is 27.7 Å². The zero-order chi connectivity index (χ0) is 20.4. The number of aromatic nitrogens is 2. The molecular weight excluding hydrogens is 412 g/mol. The Hall–Kier alpha value is -2.35. The highest BCUT2D eigenvalue weighted by atomic mass is 79.9. The Morgan fingerprint density at radius 2 is 2.04 bits per heavy atom. The van der Waals surface area contributed by atoms with E-state index >= 15 is 0 Å². The van der Waals surface area contributed by atoms with Crippen molar-refractivity contribution < 1.29 is 9.53 Å². The van der Waals surface area contributed by atoms with E-state index in [1.165, 1.54) is 15.5 Å². The number of carbonyl (C=O) groups is 1. The largest absolute Gasteiger partial charge is 0.421 e. The second-order valence-electron chi connectivity index (χ2n) is 7.21. The first-order valence-corrected chi connectivity index (χ1v) is 9.42.